The van der Waals surface area contributed by atoms with Crippen molar-refractivity contribution in [3.8, 4) is 17.2 Å². The second-order valence-corrected chi connectivity index (χ2v) is 10.2. The molecule has 2 fully saturated rings. The summed E-state index contributed by atoms with van der Waals surface area (Å²) in [6.07, 6.45) is -17.2. The number of nitrogens with zero attached hydrogens (tertiary/aromatic N) is 3. The normalized spacial score (nSPS) is 32.1. The Balaban J connectivity index is 1.96. The van der Waals surface area contributed by atoms with E-state index in [1.54, 1.807) is 0 Å². The Morgan fingerprint density at radius 3 is 2.00 bits per heavy atom. The molecule has 1 aromatic rings. The maximum atomic E-state index is 13.5. The van der Waals surface area contributed by atoms with Crippen molar-refractivity contribution in [1.29, 1.82) is 0 Å². The minimum atomic E-state index is -1.97. The van der Waals surface area contributed by atoms with Gasteiger partial charge in [0.05, 0.1) is 52.9 Å². The van der Waals surface area contributed by atoms with Gasteiger partial charge < -0.3 is 64.2 Å². The zero-order valence-electron chi connectivity index (χ0n) is 24.1. The average Bonchev–Trinajstić information content (AvgIpc) is 3.03. The standard InChI is InChI=1S/C25H38ClN3O15/c1-39-12-6-11(7-13(40-2)21(12)41-3)8-28(25(37)29(27-38)5-4-26)23-19(35)18(34)22(15(10-31)42-23)44-24-20(36)17(33)16(32)14(9-30)43-24/h6-7,14-20,22-24,30-36H,4-5,8-10H2,1-3H3/t14-,15-,16-,17+,18-,19-,20-,22-,23?,24-/m1/s1. The van der Waals surface area contributed by atoms with Gasteiger partial charge in [-0.25, -0.2) is 4.79 Å². The highest BCUT2D eigenvalue weighted by molar-refractivity contribution is 6.18. The first-order valence-electron chi connectivity index (χ1n) is 13.4. The van der Waals surface area contributed by atoms with Crippen molar-refractivity contribution in [3.63, 3.8) is 0 Å². The van der Waals surface area contributed by atoms with Crippen molar-refractivity contribution in [2.75, 3.05) is 47.0 Å². The molecule has 7 N–H and O–H groups in total. The molecular formula is C25H38ClN3O15. The molecule has 2 heterocycles. The number of carbonyl (C=O) groups is 1. The molecule has 2 amide bonds. The summed E-state index contributed by atoms with van der Waals surface area (Å²) in [4.78, 5) is 25.9. The molecule has 10 atom stereocenters. The number of ether oxygens (including phenoxy) is 6. The summed E-state index contributed by atoms with van der Waals surface area (Å²) in [6, 6.07) is 1.89. The van der Waals surface area contributed by atoms with Crippen LogP contribution in [0.1, 0.15) is 5.56 Å². The van der Waals surface area contributed by atoms with Crippen LogP contribution in [0, 0.1) is 4.91 Å². The lowest BCUT2D eigenvalue weighted by molar-refractivity contribution is -0.347. The quantitative estimate of drug-likeness (QED) is 0.0658. The predicted molar refractivity (Wildman–Crippen MR) is 147 cm³/mol. The van der Waals surface area contributed by atoms with Crippen LogP contribution in [0.15, 0.2) is 17.4 Å². The third-order valence-corrected chi connectivity index (χ3v) is 7.39. The second-order valence-electron chi connectivity index (χ2n) is 9.86. The minimum absolute atomic E-state index is 0.180. The van der Waals surface area contributed by atoms with Crippen molar-refractivity contribution < 1.29 is 69.0 Å². The van der Waals surface area contributed by atoms with Gasteiger partial charge in [0, 0.05) is 5.88 Å². The number of benzene rings is 1. The van der Waals surface area contributed by atoms with Gasteiger partial charge in [-0.1, -0.05) is 0 Å². The Morgan fingerprint density at radius 2 is 1.50 bits per heavy atom. The Labute approximate surface area is 256 Å². The SMILES string of the molecule is COc1cc(CN(C(=O)N(CCCl)N=O)C2O[C@H](CO)[C@@H](O[C@H]3O[C@H](CO)[C@@H](O)[C@H](O)[C@H]3O)[C@H](O)[C@H]2O)cc(OC)c1OC. The van der Waals surface area contributed by atoms with Gasteiger partial charge in [0.2, 0.25) is 5.75 Å². The lowest BCUT2D eigenvalue weighted by Crippen LogP contribution is -2.67. The second kappa shape index (κ2) is 16.1. The maximum Gasteiger partial charge on any atom is 0.345 e. The first kappa shape index (κ1) is 35.9. The molecule has 0 aliphatic carbocycles. The number of carbonyl (C=O) groups excluding carboxylic acids is 1. The largest absolute Gasteiger partial charge is 0.493 e. The van der Waals surface area contributed by atoms with Crippen LogP contribution < -0.4 is 14.2 Å². The van der Waals surface area contributed by atoms with Crippen molar-refractivity contribution in [3.05, 3.63) is 22.6 Å². The average molecular weight is 656 g/mol. The zero-order chi connectivity index (χ0) is 32.7. The van der Waals surface area contributed by atoms with Crippen molar-refractivity contribution in [2.24, 2.45) is 5.29 Å². The van der Waals surface area contributed by atoms with E-state index in [4.69, 9.17) is 40.0 Å². The van der Waals surface area contributed by atoms with Crippen LogP contribution in [0.5, 0.6) is 17.2 Å². The van der Waals surface area contributed by atoms with Gasteiger partial charge in [-0.3, -0.25) is 4.90 Å². The summed E-state index contributed by atoms with van der Waals surface area (Å²) in [5, 5.41) is 75.6. The Bertz CT molecular complexity index is 1080. The lowest BCUT2D eigenvalue weighted by Gasteiger charge is -2.48. The van der Waals surface area contributed by atoms with E-state index in [9.17, 15) is 45.4 Å². The van der Waals surface area contributed by atoms with Gasteiger partial charge in [-0.05, 0) is 17.7 Å². The molecular weight excluding hydrogens is 618 g/mol. The molecule has 2 saturated heterocycles. The minimum Gasteiger partial charge on any atom is -0.493 e. The number of amides is 2. The molecule has 1 aromatic carbocycles. The molecule has 44 heavy (non-hydrogen) atoms. The molecule has 0 saturated carbocycles. The van der Waals surface area contributed by atoms with E-state index in [-0.39, 0.29) is 29.7 Å². The van der Waals surface area contributed by atoms with E-state index in [0.29, 0.717) is 10.6 Å². The fourth-order valence-electron chi connectivity index (χ4n) is 4.92. The van der Waals surface area contributed by atoms with Crippen molar-refractivity contribution in [1.82, 2.24) is 9.91 Å². The highest BCUT2D eigenvalue weighted by Gasteiger charge is 2.52. The summed E-state index contributed by atoms with van der Waals surface area (Å²) in [5.74, 6) is 0.492. The van der Waals surface area contributed by atoms with Crippen LogP contribution in [0.2, 0.25) is 0 Å². The number of halogens is 1. The van der Waals surface area contributed by atoms with E-state index in [2.05, 4.69) is 5.29 Å². The third kappa shape index (κ3) is 7.43. The Kier molecular flexibility index (Phi) is 13.1. The molecule has 3 rings (SSSR count). The molecule has 2 aliphatic heterocycles. The maximum absolute atomic E-state index is 13.5. The first-order chi connectivity index (χ1) is 21.0. The summed E-state index contributed by atoms with van der Waals surface area (Å²) >= 11 is 5.73. The number of urea groups is 1. The van der Waals surface area contributed by atoms with Crippen LogP contribution in [0.3, 0.4) is 0 Å². The number of nitroso groups, excluding NO2 is 1. The van der Waals surface area contributed by atoms with Crippen LogP contribution in [0.4, 0.5) is 4.79 Å². The molecule has 2 aliphatic rings. The molecule has 18 nitrogen and oxygen atoms in total. The van der Waals surface area contributed by atoms with Crippen LogP contribution in [-0.4, -0.2) is 160 Å². The number of hydrogen-bond acceptors (Lipinski definition) is 16. The summed E-state index contributed by atoms with van der Waals surface area (Å²) in [7, 11) is 4.13. The molecule has 250 valence electrons. The number of aliphatic hydroxyl groups excluding tert-OH is 7. The summed E-state index contributed by atoms with van der Waals surface area (Å²) in [5.41, 5.74) is 0.329. The number of alkyl halides is 1. The van der Waals surface area contributed by atoms with Gasteiger partial charge in [0.1, 0.15) is 48.8 Å². The lowest BCUT2D eigenvalue weighted by atomic mass is 9.96. The van der Waals surface area contributed by atoms with Gasteiger partial charge in [-0.2, -0.15) is 5.01 Å². The molecule has 19 heteroatoms. The van der Waals surface area contributed by atoms with Gasteiger partial charge in [0.15, 0.2) is 24.0 Å². The zero-order valence-corrected chi connectivity index (χ0v) is 24.8. The Morgan fingerprint density at radius 1 is 0.886 bits per heavy atom. The summed E-state index contributed by atoms with van der Waals surface area (Å²) in [6.45, 7) is -2.34. The summed E-state index contributed by atoms with van der Waals surface area (Å²) < 4.78 is 32.7. The van der Waals surface area contributed by atoms with Crippen LogP contribution in [-0.2, 0) is 20.8 Å². The highest BCUT2D eigenvalue weighted by Crippen LogP contribution is 2.39. The van der Waals surface area contributed by atoms with Gasteiger partial charge in [0.25, 0.3) is 0 Å². The van der Waals surface area contributed by atoms with Crippen LogP contribution in [0.25, 0.3) is 0 Å². The van der Waals surface area contributed by atoms with Crippen LogP contribution >= 0.6 is 11.6 Å². The smallest absolute Gasteiger partial charge is 0.345 e. The molecule has 0 aromatic heterocycles. The van der Waals surface area contributed by atoms with Gasteiger partial charge >= 0.3 is 6.03 Å². The number of rotatable bonds is 13. The first-order valence-corrected chi connectivity index (χ1v) is 13.9. The third-order valence-electron chi connectivity index (χ3n) is 7.22. The number of aliphatic hydroxyl groups is 7. The van der Waals surface area contributed by atoms with Gasteiger partial charge in [-0.15, -0.1) is 16.5 Å². The number of hydrogen-bond donors (Lipinski definition) is 7. The van der Waals surface area contributed by atoms with E-state index in [0.717, 1.165) is 4.90 Å². The van der Waals surface area contributed by atoms with E-state index >= 15 is 0 Å². The molecule has 1 unspecified atom stereocenters. The predicted octanol–water partition coefficient (Wildman–Crippen LogP) is -2.52. The topological polar surface area (TPSA) is 250 Å². The Hall–Kier alpha value is -2.62. The molecule has 0 radical (unpaired) electrons. The molecule has 0 bridgehead atoms. The van der Waals surface area contributed by atoms with E-state index < -0.39 is 87.1 Å². The van der Waals surface area contributed by atoms with Crippen molar-refractivity contribution >= 4 is 17.6 Å². The fourth-order valence-corrected chi connectivity index (χ4v) is 5.08. The fraction of sp³-hybridized carbons (Fsp3) is 0.720. The van der Waals surface area contributed by atoms with E-state index in [1.807, 2.05) is 0 Å². The molecule has 0 spiro atoms. The van der Waals surface area contributed by atoms with Crippen molar-refractivity contribution in [2.45, 2.75) is 67.9 Å². The monoisotopic (exact) mass is 655 g/mol. The van der Waals surface area contributed by atoms with E-state index in [1.165, 1.54) is 33.5 Å². The number of methoxy groups -OCH3 is 3. The highest BCUT2D eigenvalue weighted by atomic mass is 35.5.